The molecular formula is C34H28CuN6O13S3. The van der Waals surface area contributed by atoms with Crippen molar-refractivity contribution in [2.24, 2.45) is 20.5 Å². The first-order valence-corrected chi connectivity index (χ1v) is 18.5. The number of nitrogen functional groups attached to an aromatic ring is 1. The first-order valence-electron chi connectivity index (χ1n) is 15.6. The van der Waals surface area contributed by atoms with E-state index in [2.05, 4.69) is 44.5 Å². The van der Waals surface area contributed by atoms with E-state index in [1.54, 1.807) is 48.5 Å². The van der Waals surface area contributed by atoms with Gasteiger partial charge in [-0.3, -0.25) is 4.55 Å². The number of anilines is 2. The fraction of sp³-hybridized carbons (Fsp3) is 0.0588. The summed E-state index contributed by atoms with van der Waals surface area (Å²) in [4.78, 5) is -0.0742. The van der Waals surface area contributed by atoms with Crippen LogP contribution < -0.4 is 20.5 Å². The quantitative estimate of drug-likeness (QED) is 0.00696. The summed E-state index contributed by atoms with van der Waals surface area (Å²) >= 11 is 1.03. The summed E-state index contributed by atoms with van der Waals surface area (Å²) in [5.41, 5.74) is 7.13. The average Bonchev–Trinajstić information content (AvgIpc) is 3.18. The molecule has 0 saturated carbocycles. The summed E-state index contributed by atoms with van der Waals surface area (Å²) in [6, 6.07) is 23.1. The van der Waals surface area contributed by atoms with Crippen LogP contribution in [0.25, 0.3) is 21.5 Å². The minimum Gasteiger partial charge on any atom is -0.506 e. The number of nitrogens with one attached hydrogen (secondary N) is 1. The van der Waals surface area contributed by atoms with E-state index in [4.69, 9.17) is 25.7 Å². The number of ether oxygens (including phenoxy) is 2. The van der Waals surface area contributed by atoms with Gasteiger partial charge in [0.1, 0.15) is 39.2 Å². The molecule has 23 heteroatoms. The standard InChI is InChI=1S/C34H28N6O13S3.Cu/c1-48-30-16-27(29(41)15-28(30)39-37-22-5-8-25-18(11-22)12-24(54-52-50-43)14-32(25)56(45,46)47)38-40-33-31(55-53-51-44)13-19-10-21(4-9-26(19)34(33)42)36-17-49-23-6-2-20(35)3-7-23;/h2-16,36,41-44H,17,35H2,1H3,(H,45,46,47);. The van der Waals surface area contributed by atoms with Crippen molar-refractivity contribution in [1.82, 2.24) is 0 Å². The van der Waals surface area contributed by atoms with Crippen LogP contribution in [-0.2, 0) is 45.9 Å². The van der Waals surface area contributed by atoms with E-state index in [-0.39, 0.29) is 73.2 Å². The number of hydrogen-bond acceptors (Lipinski definition) is 20. The van der Waals surface area contributed by atoms with Crippen molar-refractivity contribution in [3.8, 4) is 23.0 Å². The Hall–Kier alpha value is -5.27. The predicted octanol–water partition coefficient (Wildman–Crippen LogP) is 9.38. The Kier molecular flexibility index (Phi) is 14.5. The smallest absolute Gasteiger partial charge is 0.295 e. The van der Waals surface area contributed by atoms with Crippen LogP contribution in [0.4, 0.5) is 34.1 Å². The number of azo groups is 2. The normalized spacial score (nSPS) is 11.7. The number of nitrogens with zero attached hydrogens (tertiary/aromatic N) is 4. The second-order valence-corrected chi connectivity index (χ2v) is 14.1. The number of hydrogen-bond donors (Lipinski definition) is 7. The second-order valence-electron chi connectivity index (χ2n) is 11.2. The van der Waals surface area contributed by atoms with Gasteiger partial charge in [-0.15, -0.1) is 24.0 Å². The minimum atomic E-state index is -4.65. The molecule has 301 valence electrons. The number of nitrogens with two attached hydrogens (primary N) is 1. The molecule has 0 aliphatic rings. The summed E-state index contributed by atoms with van der Waals surface area (Å²) in [5.74, 6) is 0.0389. The van der Waals surface area contributed by atoms with Gasteiger partial charge < -0.3 is 30.7 Å². The molecule has 0 aliphatic heterocycles. The fourth-order valence-corrected chi connectivity index (χ4v) is 6.96. The van der Waals surface area contributed by atoms with E-state index < -0.39 is 20.8 Å². The number of aromatic hydroxyl groups is 2. The molecule has 0 unspecified atom stereocenters. The van der Waals surface area contributed by atoms with Crippen LogP contribution in [-0.4, -0.2) is 47.5 Å². The number of rotatable bonds is 16. The number of methoxy groups -OCH3 is 1. The molecule has 0 atom stereocenters. The van der Waals surface area contributed by atoms with Crippen molar-refractivity contribution < 1.29 is 79.0 Å². The van der Waals surface area contributed by atoms with Crippen molar-refractivity contribution in [2.45, 2.75) is 14.7 Å². The molecule has 0 bridgehead atoms. The zero-order valence-electron chi connectivity index (χ0n) is 28.8. The molecule has 0 heterocycles. The average molecular weight is 888 g/mol. The van der Waals surface area contributed by atoms with E-state index in [0.29, 0.717) is 57.4 Å². The van der Waals surface area contributed by atoms with E-state index in [1.807, 2.05) is 0 Å². The molecule has 19 nitrogen and oxygen atoms in total. The van der Waals surface area contributed by atoms with Gasteiger partial charge in [0.25, 0.3) is 10.1 Å². The van der Waals surface area contributed by atoms with Crippen molar-refractivity contribution in [3.63, 3.8) is 0 Å². The molecule has 0 fully saturated rings. The number of benzene rings is 6. The van der Waals surface area contributed by atoms with Gasteiger partial charge >= 0.3 is 0 Å². The molecule has 57 heavy (non-hydrogen) atoms. The third-order valence-corrected chi connectivity index (χ3v) is 9.79. The third kappa shape index (κ3) is 10.6. The third-order valence-electron chi connectivity index (χ3n) is 7.72. The molecular weight excluding hydrogens is 860 g/mol. The Labute approximate surface area is 341 Å². The van der Waals surface area contributed by atoms with Gasteiger partial charge in [-0.1, -0.05) is 16.1 Å². The predicted molar refractivity (Wildman–Crippen MR) is 204 cm³/mol. The van der Waals surface area contributed by atoms with Gasteiger partial charge in [-0.2, -0.15) is 13.5 Å². The van der Waals surface area contributed by atoms with Gasteiger partial charge in [-0.25, -0.2) is 10.5 Å². The van der Waals surface area contributed by atoms with Gasteiger partial charge in [0.15, 0.2) is 12.5 Å². The fourth-order valence-electron chi connectivity index (χ4n) is 5.20. The van der Waals surface area contributed by atoms with Crippen molar-refractivity contribution in [3.05, 3.63) is 91.0 Å². The van der Waals surface area contributed by atoms with Crippen molar-refractivity contribution >= 4 is 89.9 Å². The summed E-state index contributed by atoms with van der Waals surface area (Å²) < 4.78 is 54.0. The van der Waals surface area contributed by atoms with Crippen molar-refractivity contribution in [1.29, 1.82) is 0 Å². The molecule has 0 amide bonds. The van der Waals surface area contributed by atoms with Gasteiger partial charge in [0, 0.05) is 56.2 Å². The maximum Gasteiger partial charge on any atom is 0.295 e. The van der Waals surface area contributed by atoms with E-state index in [0.717, 1.165) is 6.07 Å². The minimum absolute atomic E-state index is 0. The topological polar surface area (TPSA) is 278 Å². The maximum absolute atomic E-state index is 12.0. The van der Waals surface area contributed by atoms with Crippen LogP contribution in [0.1, 0.15) is 0 Å². The SMILES string of the molecule is COc1cc(N=Nc2c(SOOO)cc3cc(NCOc4ccc(N)cc4)ccc3c2O)c(O)cc1N=Nc1ccc2c(S(=O)(=O)O)cc(SOOO)cc2c1.[Cu]. The van der Waals surface area contributed by atoms with Crippen LogP contribution in [0.2, 0.25) is 0 Å². The van der Waals surface area contributed by atoms with Crippen LogP contribution in [0.3, 0.4) is 0 Å². The Morgan fingerprint density at radius 3 is 2.19 bits per heavy atom. The van der Waals surface area contributed by atoms with Crippen LogP contribution in [0.15, 0.2) is 126 Å². The molecule has 0 spiro atoms. The van der Waals surface area contributed by atoms with Gasteiger partial charge in [-0.05, 0) is 83.6 Å². The zero-order chi connectivity index (χ0) is 39.8. The summed E-state index contributed by atoms with van der Waals surface area (Å²) in [5, 5.41) is 67.9. The number of phenolic OH excluding ortho intramolecular Hbond substituents is 2. The first kappa shape index (κ1) is 42.9. The Balaban J connectivity index is 0.00000620. The van der Waals surface area contributed by atoms with Crippen LogP contribution >= 0.6 is 24.1 Å². The Morgan fingerprint density at radius 1 is 0.772 bits per heavy atom. The van der Waals surface area contributed by atoms with E-state index >= 15 is 0 Å². The molecule has 6 aromatic carbocycles. The number of phenols is 2. The molecule has 1 radical (unpaired) electrons. The molecule has 6 rings (SSSR count). The number of fused-ring (bicyclic) bond motifs is 2. The van der Waals surface area contributed by atoms with Gasteiger partial charge in [0.05, 0.1) is 41.8 Å². The second kappa shape index (κ2) is 19.2. The molecule has 0 aromatic heterocycles. The van der Waals surface area contributed by atoms with Crippen LogP contribution in [0.5, 0.6) is 23.0 Å². The monoisotopic (exact) mass is 887 g/mol. The van der Waals surface area contributed by atoms with E-state index in [9.17, 15) is 23.2 Å². The molecule has 6 aromatic rings. The molecule has 8 N–H and O–H groups in total. The Bertz CT molecular complexity index is 2570. The summed E-state index contributed by atoms with van der Waals surface area (Å²) in [6.07, 6.45) is 0. The summed E-state index contributed by atoms with van der Waals surface area (Å²) in [6.45, 7) is 0.132. The Morgan fingerprint density at radius 2 is 1.47 bits per heavy atom. The first-order chi connectivity index (χ1) is 27.0. The summed E-state index contributed by atoms with van der Waals surface area (Å²) in [7, 11) is -3.30. The van der Waals surface area contributed by atoms with Crippen LogP contribution in [0, 0.1) is 0 Å². The largest absolute Gasteiger partial charge is 0.506 e. The van der Waals surface area contributed by atoms with E-state index in [1.165, 1.54) is 43.5 Å². The molecule has 0 saturated heterocycles. The van der Waals surface area contributed by atoms with Crippen molar-refractivity contribution in [2.75, 3.05) is 24.9 Å². The van der Waals surface area contributed by atoms with Gasteiger partial charge in [0.2, 0.25) is 0 Å². The molecule has 0 aliphatic carbocycles. The maximum atomic E-state index is 12.0. The zero-order valence-corrected chi connectivity index (χ0v) is 32.2.